The number of hydrogen-bond acceptors (Lipinski definition) is 5. The Bertz CT molecular complexity index is 402. The van der Waals surface area contributed by atoms with Crippen LogP contribution in [-0.4, -0.2) is 25.0 Å². The maximum absolute atomic E-state index is 11.3. The number of carbonyl (C=O) groups is 1. The van der Waals surface area contributed by atoms with Crippen LogP contribution in [0.2, 0.25) is 0 Å². The van der Waals surface area contributed by atoms with Crippen molar-refractivity contribution in [1.82, 2.24) is 0 Å². The van der Waals surface area contributed by atoms with Crippen molar-refractivity contribution in [2.75, 3.05) is 0 Å². The van der Waals surface area contributed by atoms with Crippen LogP contribution in [0.5, 0.6) is 0 Å². The van der Waals surface area contributed by atoms with Gasteiger partial charge in [0.25, 0.3) is 0 Å². The quantitative estimate of drug-likeness (QED) is 0.256. The Kier molecular flexibility index (Phi) is 11.2. The fourth-order valence-electron chi connectivity index (χ4n) is 1.76. The van der Waals surface area contributed by atoms with Crippen molar-refractivity contribution in [3.63, 3.8) is 0 Å². The second-order valence-electron chi connectivity index (χ2n) is 4.96. The minimum atomic E-state index is -4.54. The van der Waals surface area contributed by atoms with Gasteiger partial charge in [0.05, 0.1) is 18.8 Å². The standard InChI is InChI=1S/C14H26O6S/c1-3-4-5-6-7-8-9-10-11-19-14(15)12-13(2)20-21(16,17)18/h10-11,13H,3-9,12H2,1-2H3,(H,16,17,18). The van der Waals surface area contributed by atoms with E-state index in [0.717, 1.165) is 19.3 Å². The summed E-state index contributed by atoms with van der Waals surface area (Å²) in [7, 11) is -4.54. The molecule has 0 amide bonds. The third-order valence-corrected chi connectivity index (χ3v) is 3.33. The number of carbonyl (C=O) groups excluding carboxylic acids is 1. The van der Waals surface area contributed by atoms with E-state index in [0.29, 0.717) is 0 Å². The van der Waals surface area contributed by atoms with Crippen molar-refractivity contribution in [2.24, 2.45) is 0 Å². The fourth-order valence-corrected chi connectivity index (χ4v) is 2.24. The summed E-state index contributed by atoms with van der Waals surface area (Å²) in [6.07, 6.45) is 9.94. The van der Waals surface area contributed by atoms with E-state index in [1.54, 1.807) is 6.08 Å². The van der Waals surface area contributed by atoms with Crippen LogP contribution in [0.4, 0.5) is 0 Å². The van der Waals surface area contributed by atoms with Crippen LogP contribution in [0.1, 0.15) is 65.2 Å². The van der Waals surface area contributed by atoms with E-state index in [1.165, 1.54) is 38.9 Å². The summed E-state index contributed by atoms with van der Waals surface area (Å²) >= 11 is 0. The first-order valence-corrected chi connectivity index (χ1v) is 8.72. The lowest BCUT2D eigenvalue weighted by atomic mass is 10.1. The van der Waals surface area contributed by atoms with Crippen LogP contribution in [0.25, 0.3) is 0 Å². The minimum absolute atomic E-state index is 0.249. The van der Waals surface area contributed by atoms with Crippen LogP contribution >= 0.6 is 0 Å². The number of esters is 1. The zero-order chi connectivity index (χ0) is 16.1. The molecule has 21 heavy (non-hydrogen) atoms. The smallest absolute Gasteiger partial charge is 0.397 e. The average molecular weight is 322 g/mol. The van der Waals surface area contributed by atoms with Gasteiger partial charge in [-0.15, -0.1) is 0 Å². The van der Waals surface area contributed by atoms with E-state index in [4.69, 9.17) is 9.29 Å². The van der Waals surface area contributed by atoms with Crippen LogP contribution in [0.15, 0.2) is 12.3 Å². The molecule has 0 aromatic heterocycles. The van der Waals surface area contributed by atoms with Crippen molar-refractivity contribution in [1.29, 1.82) is 0 Å². The van der Waals surface area contributed by atoms with Crippen LogP contribution in [-0.2, 0) is 24.1 Å². The molecule has 0 aromatic rings. The van der Waals surface area contributed by atoms with Gasteiger partial charge in [-0.05, 0) is 25.8 Å². The van der Waals surface area contributed by atoms with Gasteiger partial charge in [-0.1, -0.05) is 39.0 Å². The summed E-state index contributed by atoms with van der Waals surface area (Å²) in [6.45, 7) is 3.54. The highest BCUT2D eigenvalue weighted by Crippen LogP contribution is 2.07. The highest BCUT2D eigenvalue weighted by molar-refractivity contribution is 7.80. The van der Waals surface area contributed by atoms with E-state index in [2.05, 4.69) is 11.1 Å². The summed E-state index contributed by atoms with van der Waals surface area (Å²) in [5.74, 6) is -0.606. The van der Waals surface area contributed by atoms with Gasteiger partial charge in [0.1, 0.15) is 0 Å². The summed E-state index contributed by atoms with van der Waals surface area (Å²) in [5, 5.41) is 0. The van der Waals surface area contributed by atoms with E-state index < -0.39 is 22.5 Å². The first-order valence-electron chi connectivity index (χ1n) is 7.35. The average Bonchev–Trinajstić information content (AvgIpc) is 2.34. The van der Waals surface area contributed by atoms with E-state index in [9.17, 15) is 13.2 Å². The van der Waals surface area contributed by atoms with Crippen LogP contribution < -0.4 is 0 Å². The molecule has 0 aromatic carbocycles. The Morgan fingerprint density at radius 3 is 2.43 bits per heavy atom. The molecule has 7 heteroatoms. The van der Waals surface area contributed by atoms with Gasteiger partial charge < -0.3 is 4.74 Å². The van der Waals surface area contributed by atoms with Gasteiger partial charge in [0.15, 0.2) is 0 Å². The largest absolute Gasteiger partial charge is 0.435 e. The Morgan fingerprint density at radius 1 is 1.19 bits per heavy atom. The fraction of sp³-hybridized carbons (Fsp3) is 0.786. The lowest BCUT2D eigenvalue weighted by molar-refractivity contribution is -0.139. The maximum Gasteiger partial charge on any atom is 0.397 e. The summed E-state index contributed by atoms with van der Waals surface area (Å²) < 4.78 is 38.3. The van der Waals surface area contributed by atoms with Gasteiger partial charge in [-0.25, -0.2) is 4.18 Å². The zero-order valence-corrected chi connectivity index (χ0v) is 13.6. The molecular formula is C14H26O6S. The van der Waals surface area contributed by atoms with Gasteiger partial charge in [0.2, 0.25) is 0 Å². The van der Waals surface area contributed by atoms with Crippen LogP contribution in [0.3, 0.4) is 0 Å². The molecule has 0 saturated heterocycles. The first kappa shape index (κ1) is 20.1. The molecule has 1 atom stereocenters. The molecule has 0 aliphatic heterocycles. The maximum atomic E-state index is 11.3. The van der Waals surface area contributed by atoms with Crippen molar-refractivity contribution in [3.05, 3.63) is 12.3 Å². The van der Waals surface area contributed by atoms with Crippen molar-refractivity contribution >= 4 is 16.4 Å². The Balaban J connectivity index is 3.62. The predicted molar refractivity (Wildman–Crippen MR) is 79.9 cm³/mol. The van der Waals surface area contributed by atoms with Crippen molar-refractivity contribution < 1.29 is 26.7 Å². The molecule has 0 saturated carbocycles. The van der Waals surface area contributed by atoms with Gasteiger partial charge >= 0.3 is 16.4 Å². The molecule has 1 N–H and O–H groups in total. The minimum Gasteiger partial charge on any atom is -0.435 e. The van der Waals surface area contributed by atoms with Gasteiger partial charge in [0, 0.05) is 0 Å². The zero-order valence-electron chi connectivity index (χ0n) is 12.8. The summed E-state index contributed by atoms with van der Waals surface area (Å²) in [6, 6.07) is 0. The van der Waals surface area contributed by atoms with E-state index in [1.807, 2.05) is 0 Å². The molecular weight excluding hydrogens is 296 g/mol. The molecule has 0 aliphatic rings. The monoisotopic (exact) mass is 322 g/mol. The van der Waals surface area contributed by atoms with Crippen LogP contribution in [0, 0.1) is 0 Å². The number of unbranched alkanes of at least 4 members (excludes halogenated alkanes) is 6. The SMILES string of the molecule is CCCCCCCCC=COC(=O)CC(C)OS(=O)(=O)O. The molecule has 0 fully saturated rings. The molecule has 6 nitrogen and oxygen atoms in total. The molecule has 0 rings (SSSR count). The molecule has 0 aliphatic carbocycles. The van der Waals surface area contributed by atoms with Crippen molar-refractivity contribution in [3.8, 4) is 0 Å². The lowest BCUT2D eigenvalue weighted by Gasteiger charge is -2.07. The lowest BCUT2D eigenvalue weighted by Crippen LogP contribution is -2.18. The molecule has 124 valence electrons. The Hall–Kier alpha value is -0.920. The highest BCUT2D eigenvalue weighted by Gasteiger charge is 2.16. The Morgan fingerprint density at radius 2 is 1.81 bits per heavy atom. The summed E-state index contributed by atoms with van der Waals surface area (Å²) in [4.78, 5) is 11.3. The Labute approximate surface area is 127 Å². The second-order valence-corrected chi connectivity index (χ2v) is 6.00. The van der Waals surface area contributed by atoms with E-state index in [-0.39, 0.29) is 6.42 Å². The third kappa shape index (κ3) is 15.3. The molecule has 0 heterocycles. The van der Waals surface area contributed by atoms with E-state index >= 15 is 0 Å². The predicted octanol–water partition coefficient (Wildman–Crippen LogP) is 3.39. The number of allylic oxidation sites excluding steroid dienone is 1. The van der Waals surface area contributed by atoms with Crippen molar-refractivity contribution in [2.45, 2.75) is 71.3 Å². The number of hydrogen-bond donors (Lipinski definition) is 1. The third-order valence-electron chi connectivity index (χ3n) is 2.76. The van der Waals surface area contributed by atoms with Gasteiger partial charge in [-0.2, -0.15) is 8.42 Å². The normalized spacial score (nSPS) is 13.5. The topological polar surface area (TPSA) is 89.9 Å². The second kappa shape index (κ2) is 11.7. The first-order chi connectivity index (χ1) is 9.85. The highest BCUT2D eigenvalue weighted by atomic mass is 32.3. The summed E-state index contributed by atoms with van der Waals surface area (Å²) in [5.41, 5.74) is 0. The molecule has 1 unspecified atom stereocenters. The van der Waals surface area contributed by atoms with Gasteiger partial charge in [-0.3, -0.25) is 9.35 Å². The molecule has 0 radical (unpaired) electrons. The molecule has 0 spiro atoms. The molecule has 0 bridgehead atoms. The number of ether oxygens (including phenoxy) is 1. The number of rotatable bonds is 12.